The molecule has 1 aliphatic rings. The molecule has 3 heteroatoms. The Bertz CT molecular complexity index is 666. The zero-order valence-electron chi connectivity index (χ0n) is 16.2. The quantitative estimate of drug-likeness (QED) is 0.398. The second-order valence-electron chi connectivity index (χ2n) is 8.45. The first-order valence-corrected chi connectivity index (χ1v) is 11.6. The van der Waals surface area contributed by atoms with Gasteiger partial charge < -0.3 is 9.22 Å². The summed E-state index contributed by atoms with van der Waals surface area (Å²) >= 11 is 0. The van der Waals surface area contributed by atoms with Crippen LogP contribution in [0.3, 0.4) is 0 Å². The van der Waals surface area contributed by atoms with Crippen molar-refractivity contribution in [1.82, 2.24) is 0 Å². The first kappa shape index (κ1) is 19.1. The van der Waals surface area contributed by atoms with E-state index < -0.39 is 8.32 Å². The highest BCUT2D eigenvalue weighted by molar-refractivity contribution is 6.99. The molecule has 2 nitrogen and oxygen atoms in total. The fraction of sp³-hybridized carbons (Fsp3) is 0.435. The molecule has 1 fully saturated rings. The van der Waals surface area contributed by atoms with Gasteiger partial charge >= 0.3 is 0 Å². The van der Waals surface area contributed by atoms with E-state index in [0.29, 0.717) is 11.8 Å². The lowest BCUT2D eigenvalue weighted by atomic mass is 10.2. The Balaban J connectivity index is 1.86. The highest BCUT2D eigenvalue weighted by Gasteiger charge is 2.50. The number of benzene rings is 2. The maximum absolute atomic E-state index is 10.8. The predicted molar refractivity (Wildman–Crippen MR) is 110 cm³/mol. The van der Waals surface area contributed by atoms with Gasteiger partial charge in [-0.05, 0) is 40.6 Å². The molecule has 0 heterocycles. The summed E-state index contributed by atoms with van der Waals surface area (Å²) in [7, 11) is -2.40. The third kappa shape index (κ3) is 3.84. The second kappa shape index (κ2) is 7.89. The summed E-state index contributed by atoms with van der Waals surface area (Å²) in [4.78, 5) is 10.8. The SMILES string of the molecule is CC(C)(C)[Si](OCCC[C@H]1C[C@@H]1C=O)(c1ccccc1)c1ccccc1. The van der Waals surface area contributed by atoms with Gasteiger partial charge in [0.2, 0.25) is 0 Å². The van der Waals surface area contributed by atoms with Gasteiger partial charge in [-0.2, -0.15) is 0 Å². The molecule has 0 bridgehead atoms. The fourth-order valence-corrected chi connectivity index (χ4v) is 8.71. The van der Waals surface area contributed by atoms with Crippen LogP contribution in [0.4, 0.5) is 0 Å². The van der Waals surface area contributed by atoms with Crippen LogP contribution < -0.4 is 10.4 Å². The van der Waals surface area contributed by atoms with Gasteiger partial charge in [-0.3, -0.25) is 0 Å². The third-order valence-electron chi connectivity index (χ3n) is 5.61. The normalized spacial score (nSPS) is 20.0. The number of carbonyl (C=O) groups is 1. The molecule has 0 amide bonds. The van der Waals surface area contributed by atoms with Crippen molar-refractivity contribution in [3.05, 3.63) is 60.7 Å². The Kier molecular flexibility index (Phi) is 5.78. The Morgan fingerprint density at radius 1 is 1.00 bits per heavy atom. The van der Waals surface area contributed by atoms with Crippen LogP contribution >= 0.6 is 0 Å². The summed E-state index contributed by atoms with van der Waals surface area (Å²) in [5.74, 6) is 0.901. The van der Waals surface area contributed by atoms with Crippen LogP contribution in [0, 0.1) is 11.8 Å². The van der Waals surface area contributed by atoms with Gasteiger partial charge in [0.1, 0.15) is 6.29 Å². The molecule has 3 rings (SSSR count). The fourth-order valence-electron chi connectivity index (χ4n) is 4.10. The van der Waals surface area contributed by atoms with Crippen LogP contribution in [-0.4, -0.2) is 21.2 Å². The Hall–Kier alpha value is -1.71. The van der Waals surface area contributed by atoms with Crippen molar-refractivity contribution in [2.75, 3.05) is 6.61 Å². The van der Waals surface area contributed by atoms with Crippen molar-refractivity contribution in [3.8, 4) is 0 Å². The minimum atomic E-state index is -2.40. The molecule has 1 saturated carbocycles. The highest BCUT2D eigenvalue weighted by Crippen LogP contribution is 2.41. The molecule has 0 spiro atoms. The van der Waals surface area contributed by atoms with E-state index in [0.717, 1.165) is 32.2 Å². The number of carbonyl (C=O) groups excluding carboxylic acids is 1. The van der Waals surface area contributed by atoms with Gasteiger partial charge in [0, 0.05) is 12.5 Å². The van der Waals surface area contributed by atoms with Gasteiger partial charge in [0.05, 0.1) is 0 Å². The smallest absolute Gasteiger partial charge is 0.261 e. The monoisotopic (exact) mass is 366 g/mol. The molecule has 26 heavy (non-hydrogen) atoms. The Morgan fingerprint density at radius 2 is 1.54 bits per heavy atom. The van der Waals surface area contributed by atoms with Gasteiger partial charge in [-0.1, -0.05) is 81.4 Å². The van der Waals surface area contributed by atoms with Crippen LogP contribution in [0.5, 0.6) is 0 Å². The van der Waals surface area contributed by atoms with Crippen molar-refractivity contribution >= 4 is 25.0 Å². The van der Waals surface area contributed by atoms with E-state index in [9.17, 15) is 4.79 Å². The molecule has 2 aromatic rings. The molecule has 2 atom stereocenters. The topological polar surface area (TPSA) is 26.3 Å². The van der Waals surface area contributed by atoms with E-state index in [1.165, 1.54) is 10.4 Å². The summed E-state index contributed by atoms with van der Waals surface area (Å²) in [5.41, 5.74) is 0. The zero-order valence-corrected chi connectivity index (χ0v) is 17.2. The summed E-state index contributed by atoms with van der Waals surface area (Å²) in [6.07, 6.45) is 4.32. The van der Waals surface area contributed by atoms with Crippen LogP contribution in [0.15, 0.2) is 60.7 Å². The van der Waals surface area contributed by atoms with Crippen molar-refractivity contribution in [2.24, 2.45) is 11.8 Å². The van der Waals surface area contributed by atoms with Crippen molar-refractivity contribution in [1.29, 1.82) is 0 Å². The molecule has 0 unspecified atom stereocenters. The second-order valence-corrected chi connectivity index (χ2v) is 12.8. The van der Waals surface area contributed by atoms with E-state index in [-0.39, 0.29) is 5.04 Å². The first-order valence-electron chi connectivity index (χ1n) is 9.69. The standard InChI is InChI=1S/C23H30O2Si/c1-23(2,3)26(21-12-6-4-7-13-21,22-14-8-5-9-15-22)25-16-10-11-19-17-20(19)18-24/h4-9,12-15,18-20H,10-11,16-17H2,1-3H3/t19-,20+/m0/s1. The molecule has 2 aromatic carbocycles. The van der Waals surface area contributed by atoms with Gasteiger partial charge in [0.15, 0.2) is 0 Å². The van der Waals surface area contributed by atoms with E-state index >= 15 is 0 Å². The van der Waals surface area contributed by atoms with Crippen molar-refractivity contribution in [2.45, 2.75) is 45.1 Å². The lowest BCUT2D eigenvalue weighted by Crippen LogP contribution is -2.66. The average Bonchev–Trinajstić information content (AvgIpc) is 3.41. The van der Waals surface area contributed by atoms with Gasteiger partial charge in [-0.25, -0.2) is 0 Å². The van der Waals surface area contributed by atoms with E-state index in [1.54, 1.807) is 0 Å². The third-order valence-corrected chi connectivity index (χ3v) is 10.6. The number of hydrogen-bond acceptors (Lipinski definition) is 2. The zero-order chi connectivity index (χ0) is 18.6. The molecule has 138 valence electrons. The minimum absolute atomic E-state index is 0.0284. The maximum Gasteiger partial charge on any atom is 0.261 e. The van der Waals surface area contributed by atoms with Crippen LogP contribution in [0.1, 0.15) is 40.0 Å². The molecule has 0 N–H and O–H groups in total. The summed E-state index contributed by atoms with van der Waals surface area (Å²) < 4.78 is 6.86. The van der Waals surface area contributed by atoms with Gasteiger partial charge in [0.25, 0.3) is 8.32 Å². The van der Waals surface area contributed by atoms with Crippen molar-refractivity contribution < 1.29 is 9.22 Å². The molecule has 0 aromatic heterocycles. The van der Waals surface area contributed by atoms with Crippen molar-refractivity contribution in [3.63, 3.8) is 0 Å². The van der Waals surface area contributed by atoms with Crippen LogP contribution in [0.25, 0.3) is 0 Å². The minimum Gasteiger partial charge on any atom is -0.407 e. The lowest BCUT2D eigenvalue weighted by molar-refractivity contribution is -0.109. The lowest BCUT2D eigenvalue weighted by Gasteiger charge is -2.43. The van der Waals surface area contributed by atoms with E-state index in [1.807, 2.05) is 0 Å². The molecular formula is C23H30O2Si. The molecule has 0 radical (unpaired) electrons. The highest BCUT2D eigenvalue weighted by atomic mass is 28.4. The van der Waals surface area contributed by atoms with Crippen LogP contribution in [0.2, 0.25) is 5.04 Å². The molecular weight excluding hydrogens is 336 g/mol. The number of hydrogen-bond donors (Lipinski definition) is 0. The van der Waals surface area contributed by atoms with Crippen LogP contribution in [-0.2, 0) is 9.22 Å². The average molecular weight is 367 g/mol. The molecule has 0 saturated heterocycles. The van der Waals surface area contributed by atoms with E-state index in [4.69, 9.17) is 4.43 Å². The summed E-state index contributed by atoms with van der Waals surface area (Å²) in [6.45, 7) is 7.68. The van der Waals surface area contributed by atoms with Gasteiger partial charge in [-0.15, -0.1) is 0 Å². The molecule has 0 aliphatic heterocycles. The maximum atomic E-state index is 10.8. The predicted octanol–water partition coefficient (Wildman–Crippen LogP) is 4.18. The summed E-state index contributed by atoms with van der Waals surface area (Å²) in [6, 6.07) is 21.5. The molecule has 1 aliphatic carbocycles. The first-order chi connectivity index (χ1) is 12.5. The number of aldehydes is 1. The Labute approximate surface area is 158 Å². The Morgan fingerprint density at radius 3 is 1.96 bits per heavy atom. The largest absolute Gasteiger partial charge is 0.407 e. The summed E-state index contributed by atoms with van der Waals surface area (Å²) in [5, 5.41) is 2.69. The number of rotatable bonds is 8. The van der Waals surface area contributed by atoms with E-state index in [2.05, 4.69) is 81.4 Å².